The summed E-state index contributed by atoms with van der Waals surface area (Å²) in [6, 6.07) is 5.39. The number of benzene rings is 1. The number of carbonyl (C=O) groups excluding carboxylic acids is 2. The van der Waals surface area contributed by atoms with E-state index in [-0.39, 0.29) is 24.5 Å². The van der Waals surface area contributed by atoms with Gasteiger partial charge >= 0.3 is 5.97 Å². The van der Waals surface area contributed by atoms with Gasteiger partial charge in [0.25, 0.3) is 0 Å². The summed E-state index contributed by atoms with van der Waals surface area (Å²) in [5.74, 6) is 1.92. The van der Waals surface area contributed by atoms with Gasteiger partial charge < -0.3 is 19.5 Å². The number of aryl methyl sites for hydroxylation is 1. The lowest BCUT2D eigenvalue weighted by Gasteiger charge is -2.15. The number of carbonyl (C=O) groups is 2. The van der Waals surface area contributed by atoms with Crippen LogP contribution in [0.1, 0.15) is 59.2 Å². The van der Waals surface area contributed by atoms with Gasteiger partial charge in [0.05, 0.1) is 24.6 Å². The number of hydrogen-bond acceptors (Lipinski definition) is 8. The third kappa shape index (κ3) is 4.35. The first-order valence-electron chi connectivity index (χ1n) is 9.74. The van der Waals surface area contributed by atoms with Gasteiger partial charge in [-0.2, -0.15) is 0 Å². The summed E-state index contributed by atoms with van der Waals surface area (Å²) < 4.78 is 15.6. The molecule has 1 fully saturated rings. The van der Waals surface area contributed by atoms with Crippen LogP contribution >= 0.6 is 11.8 Å². The van der Waals surface area contributed by atoms with E-state index in [1.54, 1.807) is 6.92 Å². The number of ether oxygens (including phenoxy) is 3. The Morgan fingerprint density at radius 1 is 1.27 bits per heavy atom. The molecule has 0 unspecified atom stereocenters. The number of methoxy groups -OCH3 is 1. The molecule has 1 aromatic carbocycles. The zero-order chi connectivity index (χ0) is 21.3. The van der Waals surface area contributed by atoms with E-state index < -0.39 is 5.97 Å². The first-order valence-corrected chi connectivity index (χ1v) is 10.7. The molecule has 2 heterocycles. The minimum atomic E-state index is -0.494. The Morgan fingerprint density at radius 2 is 2.03 bits per heavy atom. The van der Waals surface area contributed by atoms with Gasteiger partial charge in [0.2, 0.25) is 12.7 Å². The predicted octanol–water partition coefficient (Wildman–Crippen LogP) is 3.15. The summed E-state index contributed by atoms with van der Waals surface area (Å²) in [4.78, 5) is 33.8. The van der Waals surface area contributed by atoms with E-state index in [2.05, 4.69) is 15.3 Å². The Labute approximate surface area is 178 Å². The Hall–Kier alpha value is -2.81. The lowest BCUT2D eigenvalue weighted by atomic mass is 10.1. The highest BCUT2D eigenvalue weighted by Gasteiger charge is 2.30. The molecule has 0 radical (unpaired) electrons. The topological polar surface area (TPSA) is 99.6 Å². The molecule has 8 nitrogen and oxygen atoms in total. The maximum atomic E-state index is 12.6. The fraction of sp³-hybridized carbons (Fsp3) is 0.429. The molecule has 1 aliphatic heterocycles. The number of rotatable bonds is 7. The quantitative estimate of drug-likeness (QED) is 0.407. The van der Waals surface area contributed by atoms with Crippen molar-refractivity contribution in [2.75, 3.05) is 19.7 Å². The summed E-state index contributed by atoms with van der Waals surface area (Å²) in [5, 5.41) is 3.46. The molecule has 0 spiro atoms. The Morgan fingerprint density at radius 3 is 2.77 bits per heavy atom. The van der Waals surface area contributed by atoms with Gasteiger partial charge in [0.1, 0.15) is 16.4 Å². The minimum absolute atomic E-state index is 0.124. The SMILES string of the molecule is COC(=O)c1c(C)nc(C2CC2)nc1SCC(=O)N[C@@H](C)c1ccc2c(c1)OCO2. The third-order valence-electron chi connectivity index (χ3n) is 5.02. The second-order valence-corrected chi connectivity index (χ2v) is 8.27. The van der Waals surface area contributed by atoms with Crippen LogP contribution in [0.15, 0.2) is 23.2 Å². The lowest BCUT2D eigenvalue weighted by molar-refractivity contribution is -0.119. The van der Waals surface area contributed by atoms with Crippen molar-refractivity contribution in [3.63, 3.8) is 0 Å². The Kier molecular flexibility index (Phi) is 5.80. The van der Waals surface area contributed by atoms with E-state index in [9.17, 15) is 9.59 Å². The first kappa shape index (κ1) is 20.5. The molecule has 2 aromatic rings. The number of nitrogens with one attached hydrogen (secondary N) is 1. The minimum Gasteiger partial charge on any atom is -0.465 e. The number of nitrogens with zero attached hydrogens (tertiary/aromatic N) is 2. The zero-order valence-corrected chi connectivity index (χ0v) is 17.9. The molecule has 30 heavy (non-hydrogen) atoms. The Balaban J connectivity index is 1.43. The fourth-order valence-corrected chi connectivity index (χ4v) is 4.10. The highest BCUT2D eigenvalue weighted by atomic mass is 32.2. The smallest absolute Gasteiger partial charge is 0.342 e. The molecule has 4 rings (SSSR count). The first-order chi connectivity index (χ1) is 14.5. The molecule has 1 N–H and O–H groups in total. The van der Waals surface area contributed by atoms with Crippen LogP contribution in [0.25, 0.3) is 0 Å². The van der Waals surface area contributed by atoms with E-state index in [0.717, 1.165) is 24.2 Å². The molecule has 1 saturated carbocycles. The molecule has 158 valence electrons. The number of aromatic nitrogens is 2. The van der Waals surface area contributed by atoms with Gasteiger partial charge in [-0.25, -0.2) is 14.8 Å². The van der Waals surface area contributed by atoms with Crippen LogP contribution in [0.3, 0.4) is 0 Å². The average molecular weight is 429 g/mol. The van der Waals surface area contributed by atoms with Crippen molar-refractivity contribution < 1.29 is 23.8 Å². The van der Waals surface area contributed by atoms with E-state index in [4.69, 9.17) is 14.2 Å². The van der Waals surface area contributed by atoms with E-state index in [0.29, 0.717) is 33.7 Å². The van der Waals surface area contributed by atoms with Gasteiger partial charge in [0.15, 0.2) is 11.5 Å². The largest absolute Gasteiger partial charge is 0.465 e. The fourth-order valence-electron chi connectivity index (χ4n) is 3.22. The van der Waals surface area contributed by atoms with Crippen LogP contribution in [-0.4, -0.2) is 41.5 Å². The van der Waals surface area contributed by atoms with Crippen molar-refractivity contribution in [2.24, 2.45) is 0 Å². The lowest BCUT2D eigenvalue weighted by Crippen LogP contribution is -2.28. The molecule has 1 aromatic heterocycles. The van der Waals surface area contributed by atoms with Gasteiger partial charge in [-0.3, -0.25) is 4.79 Å². The summed E-state index contributed by atoms with van der Waals surface area (Å²) in [6.07, 6.45) is 2.10. The number of hydrogen-bond donors (Lipinski definition) is 1. The molecule has 0 bridgehead atoms. The van der Waals surface area contributed by atoms with Crippen LogP contribution in [0.5, 0.6) is 11.5 Å². The van der Waals surface area contributed by atoms with E-state index in [1.165, 1.54) is 18.9 Å². The maximum absolute atomic E-state index is 12.6. The van der Waals surface area contributed by atoms with E-state index >= 15 is 0 Å². The van der Waals surface area contributed by atoms with Crippen LogP contribution in [0.2, 0.25) is 0 Å². The summed E-state index contributed by atoms with van der Waals surface area (Å²) in [5.41, 5.74) is 1.82. The molecule has 9 heteroatoms. The van der Waals surface area contributed by atoms with Crippen LogP contribution < -0.4 is 14.8 Å². The van der Waals surface area contributed by atoms with Gasteiger partial charge in [-0.15, -0.1) is 0 Å². The monoisotopic (exact) mass is 429 g/mol. The molecule has 1 amide bonds. The van der Waals surface area contributed by atoms with Crippen molar-refractivity contribution in [1.29, 1.82) is 0 Å². The Bertz CT molecular complexity index is 993. The van der Waals surface area contributed by atoms with Crippen LogP contribution in [-0.2, 0) is 9.53 Å². The van der Waals surface area contributed by atoms with Crippen LogP contribution in [0, 0.1) is 6.92 Å². The van der Waals surface area contributed by atoms with Crippen LogP contribution in [0.4, 0.5) is 0 Å². The molecule has 0 saturated heterocycles. The highest BCUT2D eigenvalue weighted by molar-refractivity contribution is 8.00. The molecule has 1 atom stereocenters. The number of thioether (sulfide) groups is 1. The van der Waals surface area contributed by atoms with Gasteiger partial charge in [-0.05, 0) is 44.4 Å². The van der Waals surface area contributed by atoms with E-state index in [1.807, 2.05) is 25.1 Å². The zero-order valence-electron chi connectivity index (χ0n) is 17.1. The van der Waals surface area contributed by atoms with Crippen molar-refractivity contribution >= 4 is 23.6 Å². The normalized spacial score (nSPS) is 15.6. The standard InChI is InChI=1S/C21H23N3O5S/c1-11(14-6-7-15-16(8-14)29-10-28-15)22-17(25)9-30-20-18(21(26)27-3)12(2)23-19(24-20)13-4-5-13/h6-8,11,13H,4-5,9-10H2,1-3H3,(H,22,25)/t11-/m0/s1. The average Bonchev–Trinajstić information content (AvgIpc) is 3.48. The number of amides is 1. The second kappa shape index (κ2) is 8.51. The molecular formula is C21H23N3O5S. The van der Waals surface area contributed by atoms with Crippen molar-refractivity contribution in [3.8, 4) is 11.5 Å². The molecular weight excluding hydrogens is 406 g/mol. The molecule has 1 aliphatic carbocycles. The highest BCUT2D eigenvalue weighted by Crippen LogP contribution is 2.39. The predicted molar refractivity (Wildman–Crippen MR) is 110 cm³/mol. The van der Waals surface area contributed by atoms with Crippen molar-refractivity contribution in [2.45, 2.75) is 43.7 Å². The summed E-state index contributed by atoms with van der Waals surface area (Å²) >= 11 is 1.22. The van der Waals surface area contributed by atoms with Crippen molar-refractivity contribution in [3.05, 3.63) is 40.8 Å². The third-order valence-corrected chi connectivity index (χ3v) is 6.00. The van der Waals surface area contributed by atoms with Crippen molar-refractivity contribution in [1.82, 2.24) is 15.3 Å². The number of fused-ring (bicyclic) bond motifs is 1. The summed E-state index contributed by atoms with van der Waals surface area (Å²) in [6.45, 7) is 3.88. The molecule has 2 aliphatic rings. The maximum Gasteiger partial charge on any atom is 0.342 e. The summed E-state index contributed by atoms with van der Waals surface area (Å²) in [7, 11) is 1.32. The van der Waals surface area contributed by atoms with Gasteiger partial charge in [-0.1, -0.05) is 17.8 Å². The second-order valence-electron chi connectivity index (χ2n) is 7.30. The number of esters is 1. The van der Waals surface area contributed by atoms with Gasteiger partial charge in [0, 0.05) is 5.92 Å².